The molecule has 0 aliphatic carbocycles. The number of amides is 3. The molecule has 1 saturated heterocycles. The Labute approximate surface area is 205 Å². The Morgan fingerprint density at radius 1 is 0.971 bits per heavy atom. The number of benzene rings is 3. The van der Waals surface area contributed by atoms with Gasteiger partial charge in [-0.3, -0.25) is 14.4 Å². The average Bonchev–Trinajstić information content (AvgIpc) is 3.27. The minimum atomic E-state index is -0.511. The molecule has 7 nitrogen and oxygen atoms in total. The Kier molecular flexibility index (Phi) is 7.77. The van der Waals surface area contributed by atoms with Crippen LogP contribution in [0.4, 0.5) is 11.4 Å². The maximum absolute atomic E-state index is 13.0. The second-order valence-corrected chi connectivity index (χ2v) is 8.36. The molecule has 1 fully saturated rings. The Balaban J connectivity index is 1.36. The number of rotatable bonds is 9. The molecule has 1 heterocycles. The predicted molar refractivity (Wildman–Crippen MR) is 136 cm³/mol. The molecule has 180 valence electrons. The van der Waals surface area contributed by atoms with Crippen LogP contribution >= 0.6 is 0 Å². The van der Waals surface area contributed by atoms with Crippen molar-refractivity contribution in [3.63, 3.8) is 0 Å². The van der Waals surface area contributed by atoms with Crippen molar-refractivity contribution in [2.24, 2.45) is 5.92 Å². The number of nitrogens with one attached hydrogen (secondary N) is 2. The molecule has 1 aliphatic rings. The van der Waals surface area contributed by atoms with Crippen LogP contribution in [0, 0.1) is 5.92 Å². The smallest absolute Gasteiger partial charge is 0.253 e. The van der Waals surface area contributed by atoms with Gasteiger partial charge in [-0.15, -0.1) is 0 Å². The molecule has 0 radical (unpaired) electrons. The summed E-state index contributed by atoms with van der Waals surface area (Å²) in [6.45, 7) is 3.24. The van der Waals surface area contributed by atoms with Crippen molar-refractivity contribution in [2.75, 3.05) is 29.9 Å². The first kappa shape index (κ1) is 24.0. The molecular formula is C28H29N3O4. The van der Waals surface area contributed by atoms with Crippen molar-refractivity contribution in [1.29, 1.82) is 0 Å². The molecule has 3 amide bonds. The quantitative estimate of drug-likeness (QED) is 0.493. The lowest BCUT2D eigenvalue weighted by Crippen LogP contribution is -2.30. The van der Waals surface area contributed by atoms with Crippen LogP contribution in [-0.4, -0.2) is 37.4 Å². The van der Waals surface area contributed by atoms with Crippen LogP contribution in [0.5, 0.6) is 5.75 Å². The predicted octanol–water partition coefficient (Wildman–Crippen LogP) is 4.05. The highest BCUT2D eigenvalue weighted by Crippen LogP contribution is 2.28. The van der Waals surface area contributed by atoms with Crippen molar-refractivity contribution in [3.8, 4) is 5.75 Å². The highest BCUT2D eigenvalue weighted by molar-refractivity contribution is 6.07. The number of anilines is 2. The highest BCUT2D eigenvalue weighted by atomic mass is 16.5. The molecule has 3 aromatic carbocycles. The summed E-state index contributed by atoms with van der Waals surface area (Å²) < 4.78 is 5.45. The maximum Gasteiger partial charge on any atom is 0.253 e. The van der Waals surface area contributed by atoms with E-state index in [2.05, 4.69) is 10.6 Å². The average molecular weight is 472 g/mol. The standard InChI is InChI=1S/C28H29N3O4/c1-2-35-23-14-12-22(13-15-23)31-19-21(18-26(31)32)27(33)30-25-11-7-6-10-24(25)28(34)29-17-16-20-8-4-3-5-9-20/h3-15,21H,2,16-19H2,1H3,(H,29,34)(H,30,33)/t21-/m0/s1. The molecule has 0 unspecified atom stereocenters. The van der Waals surface area contributed by atoms with E-state index in [0.717, 1.165) is 17.0 Å². The summed E-state index contributed by atoms with van der Waals surface area (Å²) in [4.78, 5) is 40.0. The van der Waals surface area contributed by atoms with Gasteiger partial charge in [0.1, 0.15) is 5.75 Å². The van der Waals surface area contributed by atoms with Crippen LogP contribution in [0.2, 0.25) is 0 Å². The number of carbonyl (C=O) groups is 3. The van der Waals surface area contributed by atoms with Crippen LogP contribution in [0.1, 0.15) is 29.3 Å². The monoisotopic (exact) mass is 471 g/mol. The summed E-state index contributed by atoms with van der Waals surface area (Å²) in [7, 11) is 0. The van der Waals surface area contributed by atoms with Crippen LogP contribution in [-0.2, 0) is 16.0 Å². The lowest BCUT2D eigenvalue weighted by atomic mass is 10.1. The van der Waals surface area contributed by atoms with Crippen LogP contribution in [0.15, 0.2) is 78.9 Å². The van der Waals surface area contributed by atoms with Crippen molar-refractivity contribution >= 4 is 29.1 Å². The van der Waals surface area contributed by atoms with E-state index in [4.69, 9.17) is 4.74 Å². The van der Waals surface area contributed by atoms with Crippen molar-refractivity contribution < 1.29 is 19.1 Å². The van der Waals surface area contributed by atoms with E-state index in [-0.39, 0.29) is 30.7 Å². The number of nitrogens with zero attached hydrogens (tertiary/aromatic N) is 1. The summed E-state index contributed by atoms with van der Waals surface area (Å²) in [5, 5.41) is 5.78. The third-order valence-corrected chi connectivity index (χ3v) is 5.93. The van der Waals surface area contributed by atoms with E-state index in [9.17, 15) is 14.4 Å². The maximum atomic E-state index is 13.0. The van der Waals surface area contributed by atoms with Crippen LogP contribution in [0.25, 0.3) is 0 Å². The number of carbonyl (C=O) groups excluding carboxylic acids is 3. The van der Waals surface area contributed by atoms with Gasteiger partial charge < -0.3 is 20.3 Å². The number of hydrogen-bond acceptors (Lipinski definition) is 4. The Hall–Kier alpha value is -4.13. The van der Waals surface area contributed by atoms with Gasteiger partial charge in [-0.1, -0.05) is 42.5 Å². The summed E-state index contributed by atoms with van der Waals surface area (Å²) in [5.74, 6) is -0.424. The van der Waals surface area contributed by atoms with Gasteiger partial charge in [0.05, 0.1) is 23.8 Å². The van der Waals surface area contributed by atoms with E-state index in [1.54, 1.807) is 29.2 Å². The first-order chi connectivity index (χ1) is 17.0. The number of hydrogen-bond donors (Lipinski definition) is 2. The van der Waals surface area contributed by atoms with Gasteiger partial charge in [0.15, 0.2) is 0 Å². The third-order valence-electron chi connectivity index (χ3n) is 5.93. The summed E-state index contributed by atoms with van der Waals surface area (Å²) in [6.07, 6.45) is 0.831. The molecule has 3 aromatic rings. The van der Waals surface area contributed by atoms with Gasteiger partial charge >= 0.3 is 0 Å². The zero-order chi connectivity index (χ0) is 24.6. The number of para-hydroxylation sites is 1. The molecule has 7 heteroatoms. The van der Waals surface area contributed by atoms with Crippen LogP contribution in [0.3, 0.4) is 0 Å². The van der Waals surface area contributed by atoms with Crippen molar-refractivity contribution in [2.45, 2.75) is 19.8 Å². The first-order valence-electron chi connectivity index (χ1n) is 11.8. The molecule has 1 atom stereocenters. The normalized spacial score (nSPS) is 15.1. The summed E-state index contributed by atoms with van der Waals surface area (Å²) >= 11 is 0. The Bertz CT molecular complexity index is 1180. The van der Waals surface area contributed by atoms with Gasteiger partial charge in [-0.05, 0) is 55.3 Å². The minimum absolute atomic E-state index is 0.110. The topological polar surface area (TPSA) is 87.7 Å². The fraction of sp³-hybridized carbons (Fsp3) is 0.250. The summed E-state index contributed by atoms with van der Waals surface area (Å²) in [5.41, 5.74) is 2.69. The molecule has 0 bridgehead atoms. The lowest BCUT2D eigenvalue weighted by molar-refractivity contribution is -0.122. The largest absolute Gasteiger partial charge is 0.494 e. The molecule has 1 aliphatic heterocycles. The second kappa shape index (κ2) is 11.3. The fourth-order valence-electron chi connectivity index (χ4n) is 4.11. The SMILES string of the molecule is CCOc1ccc(N2C[C@@H](C(=O)Nc3ccccc3C(=O)NCCc3ccccc3)CC2=O)cc1. The van der Waals surface area contributed by atoms with Crippen molar-refractivity contribution in [1.82, 2.24) is 5.32 Å². The molecule has 0 aromatic heterocycles. The van der Waals surface area contributed by atoms with Crippen LogP contribution < -0.4 is 20.3 Å². The minimum Gasteiger partial charge on any atom is -0.494 e. The van der Waals surface area contributed by atoms with Crippen molar-refractivity contribution in [3.05, 3.63) is 90.0 Å². The van der Waals surface area contributed by atoms with E-state index in [1.807, 2.05) is 61.5 Å². The molecule has 0 saturated carbocycles. The first-order valence-corrected chi connectivity index (χ1v) is 11.8. The zero-order valence-electron chi connectivity index (χ0n) is 19.7. The molecule has 0 spiro atoms. The zero-order valence-corrected chi connectivity index (χ0v) is 19.7. The molecular weight excluding hydrogens is 442 g/mol. The Morgan fingerprint density at radius 3 is 2.43 bits per heavy atom. The fourth-order valence-corrected chi connectivity index (χ4v) is 4.11. The van der Waals surface area contributed by atoms with E-state index < -0.39 is 5.92 Å². The molecule has 35 heavy (non-hydrogen) atoms. The van der Waals surface area contributed by atoms with E-state index in [1.165, 1.54) is 0 Å². The summed E-state index contributed by atoms with van der Waals surface area (Å²) in [6, 6.07) is 24.1. The van der Waals surface area contributed by atoms with E-state index >= 15 is 0 Å². The third kappa shape index (κ3) is 6.06. The lowest BCUT2D eigenvalue weighted by Gasteiger charge is -2.17. The molecule has 2 N–H and O–H groups in total. The number of ether oxygens (including phenoxy) is 1. The van der Waals surface area contributed by atoms with E-state index in [0.29, 0.717) is 30.8 Å². The van der Waals surface area contributed by atoms with Gasteiger partial charge in [-0.2, -0.15) is 0 Å². The molecule has 4 rings (SSSR count). The second-order valence-electron chi connectivity index (χ2n) is 8.36. The highest BCUT2D eigenvalue weighted by Gasteiger charge is 2.35. The Morgan fingerprint density at radius 2 is 1.69 bits per heavy atom. The van der Waals surface area contributed by atoms with Gasteiger partial charge in [-0.25, -0.2) is 0 Å². The van der Waals surface area contributed by atoms with Gasteiger partial charge in [0, 0.05) is 25.2 Å². The van der Waals surface area contributed by atoms with Gasteiger partial charge in [0.2, 0.25) is 11.8 Å². The van der Waals surface area contributed by atoms with Gasteiger partial charge in [0.25, 0.3) is 5.91 Å².